The Morgan fingerprint density at radius 2 is 2.46 bits per heavy atom. The molecule has 0 fully saturated rings. The van der Waals surface area contributed by atoms with Crippen molar-refractivity contribution in [1.29, 1.82) is 0 Å². The number of hydrogen-bond donors (Lipinski definition) is 1. The molecule has 0 aromatic carbocycles. The molecule has 0 aliphatic carbocycles. The van der Waals surface area contributed by atoms with Gasteiger partial charge < -0.3 is 9.84 Å². The van der Waals surface area contributed by atoms with Crippen molar-refractivity contribution in [3.63, 3.8) is 0 Å². The summed E-state index contributed by atoms with van der Waals surface area (Å²) >= 11 is 1.51. The van der Waals surface area contributed by atoms with Crippen molar-refractivity contribution in [2.75, 3.05) is 13.7 Å². The summed E-state index contributed by atoms with van der Waals surface area (Å²) in [4.78, 5) is 4.22. The van der Waals surface area contributed by atoms with Crippen LogP contribution in [0, 0.1) is 6.92 Å². The number of hydrogen-bond acceptors (Lipinski definition) is 4. The van der Waals surface area contributed by atoms with Crippen LogP contribution in [0.4, 0.5) is 0 Å². The largest absolute Gasteiger partial charge is 0.386 e. The Morgan fingerprint density at radius 1 is 1.69 bits per heavy atom. The number of aliphatic hydroxyl groups excluding tert-OH is 1. The third-order valence-electron chi connectivity index (χ3n) is 1.75. The summed E-state index contributed by atoms with van der Waals surface area (Å²) in [6, 6.07) is 0. The normalized spacial score (nSPS) is 13.2. The molecule has 1 N–H and O–H groups in total. The molecule has 0 aliphatic heterocycles. The van der Waals surface area contributed by atoms with Crippen molar-refractivity contribution in [2.45, 2.75) is 25.9 Å². The molecule has 0 amide bonds. The Bertz CT molecular complexity index is 250. The maximum atomic E-state index is 9.65. The van der Waals surface area contributed by atoms with Gasteiger partial charge in [0.1, 0.15) is 11.1 Å². The van der Waals surface area contributed by atoms with Crippen molar-refractivity contribution in [1.82, 2.24) is 4.98 Å². The van der Waals surface area contributed by atoms with Crippen LogP contribution in [-0.2, 0) is 4.74 Å². The number of rotatable bonds is 5. The first kappa shape index (κ1) is 10.6. The van der Waals surface area contributed by atoms with E-state index in [1.54, 1.807) is 7.11 Å². The molecule has 0 saturated heterocycles. The molecule has 0 aliphatic rings. The van der Waals surface area contributed by atoms with Gasteiger partial charge in [-0.05, 0) is 19.8 Å². The summed E-state index contributed by atoms with van der Waals surface area (Å²) in [5, 5.41) is 12.4. The Morgan fingerprint density at radius 3 is 3.00 bits per heavy atom. The Balaban J connectivity index is 2.35. The van der Waals surface area contributed by atoms with E-state index < -0.39 is 6.10 Å². The van der Waals surface area contributed by atoms with Crippen LogP contribution in [0.1, 0.15) is 29.6 Å². The molecular formula is C9H15NO2S. The van der Waals surface area contributed by atoms with Crippen LogP contribution in [0.25, 0.3) is 0 Å². The van der Waals surface area contributed by atoms with Gasteiger partial charge in [-0.2, -0.15) is 0 Å². The molecule has 3 nitrogen and oxygen atoms in total. The van der Waals surface area contributed by atoms with Crippen LogP contribution in [0.5, 0.6) is 0 Å². The molecule has 74 valence electrons. The lowest BCUT2D eigenvalue weighted by Crippen LogP contribution is -1.99. The summed E-state index contributed by atoms with van der Waals surface area (Å²) in [5.74, 6) is 0. The number of nitrogens with zero attached hydrogens (tertiary/aromatic N) is 1. The summed E-state index contributed by atoms with van der Waals surface area (Å²) < 4.78 is 4.91. The molecule has 0 saturated carbocycles. The quantitative estimate of drug-likeness (QED) is 0.740. The molecule has 1 aromatic heterocycles. The van der Waals surface area contributed by atoms with Gasteiger partial charge in [0.05, 0.1) is 0 Å². The van der Waals surface area contributed by atoms with E-state index in [0.29, 0.717) is 6.61 Å². The minimum atomic E-state index is -0.422. The second-order valence-corrected chi connectivity index (χ2v) is 3.87. The summed E-state index contributed by atoms with van der Waals surface area (Å²) in [7, 11) is 1.67. The Hall–Kier alpha value is -0.450. The first-order valence-electron chi connectivity index (χ1n) is 4.33. The molecule has 1 aromatic rings. The van der Waals surface area contributed by atoms with Crippen molar-refractivity contribution in [3.8, 4) is 0 Å². The van der Waals surface area contributed by atoms with Gasteiger partial charge in [-0.3, -0.25) is 0 Å². The van der Waals surface area contributed by atoms with Gasteiger partial charge in [0, 0.05) is 24.8 Å². The van der Waals surface area contributed by atoms with Crippen LogP contribution in [0.2, 0.25) is 0 Å². The SMILES string of the molecule is COCCCC(O)c1nc(C)cs1. The topological polar surface area (TPSA) is 42.4 Å². The molecule has 1 heterocycles. The van der Waals surface area contributed by atoms with E-state index in [9.17, 15) is 5.11 Å². The standard InChI is InChI=1S/C9H15NO2S/c1-7-6-13-9(10-7)8(11)4-3-5-12-2/h6,8,11H,3-5H2,1-2H3. The fourth-order valence-corrected chi connectivity index (χ4v) is 1.89. The van der Waals surface area contributed by atoms with Gasteiger partial charge in [0.25, 0.3) is 0 Å². The Labute approximate surface area is 82.4 Å². The van der Waals surface area contributed by atoms with Crippen LogP contribution in [0.15, 0.2) is 5.38 Å². The monoisotopic (exact) mass is 201 g/mol. The van der Waals surface area contributed by atoms with Gasteiger partial charge in [-0.15, -0.1) is 11.3 Å². The van der Waals surface area contributed by atoms with Crippen molar-refractivity contribution in [3.05, 3.63) is 16.1 Å². The lowest BCUT2D eigenvalue weighted by molar-refractivity contribution is 0.136. The molecule has 1 rings (SSSR count). The molecule has 0 spiro atoms. The third kappa shape index (κ3) is 3.42. The second kappa shape index (κ2) is 5.32. The highest BCUT2D eigenvalue weighted by atomic mass is 32.1. The number of aryl methyl sites for hydroxylation is 1. The van der Waals surface area contributed by atoms with Gasteiger partial charge in [-0.1, -0.05) is 0 Å². The fourth-order valence-electron chi connectivity index (χ4n) is 1.07. The zero-order valence-electron chi connectivity index (χ0n) is 7.99. The number of methoxy groups -OCH3 is 1. The average Bonchev–Trinajstić information content (AvgIpc) is 2.52. The molecule has 0 bridgehead atoms. The van der Waals surface area contributed by atoms with E-state index in [1.807, 2.05) is 12.3 Å². The maximum Gasteiger partial charge on any atom is 0.121 e. The number of aliphatic hydroxyl groups is 1. The van der Waals surface area contributed by atoms with E-state index in [-0.39, 0.29) is 0 Å². The van der Waals surface area contributed by atoms with E-state index in [1.165, 1.54) is 11.3 Å². The van der Waals surface area contributed by atoms with E-state index in [4.69, 9.17) is 4.74 Å². The number of ether oxygens (including phenoxy) is 1. The zero-order chi connectivity index (χ0) is 9.68. The highest BCUT2D eigenvalue weighted by molar-refractivity contribution is 7.09. The van der Waals surface area contributed by atoms with E-state index in [2.05, 4.69) is 4.98 Å². The van der Waals surface area contributed by atoms with Crippen molar-refractivity contribution >= 4 is 11.3 Å². The van der Waals surface area contributed by atoms with Gasteiger partial charge in [-0.25, -0.2) is 4.98 Å². The van der Waals surface area contributed by atoms with Gasteiger partial charge in [0.2, 0.25) is 0 Å². The minimum absolute atomic E-state index is 0.422. The van der Waals surface area contributed by atoms with Crippen LogP contribution < -0.4 is 0 Å². The second-order valence-electron chi connectivity index (χ2n) is 2.98. The van der Waals surface area contributed by atoms with Crippen molar-refractivity contribution < 1.29 is 9.84 Å². The fraction of sp³-hybridized carbons (Fsp3) is 0.667. The maximum absolute atomic E-state index is 9.65. The smallest absolute Gasteiger partial charge is 0.121 e. The lowest BCUT2D eigenvalue weighted by Gasteiger charge is -2.05. The lowest BCUT2D eigenvalue weighted by atomic mass is 10.2. The molecule has 1 unspecified atom stereocenters. The summed E-state index contributed by atoms with van der Waals surface area (Å²) in [6.07, 6.45) is 1.17. The predicted octanol–water partition coefficient (Wildman–Crippen LogP) is 1.91. The Kier molecular flexibility index (Phi) is 4.35. The van der Waals surface area contributed by atoms with Crippen LogP contribution in [0.3, 0.4) is 0 Å². The first-order valence-corrected chi connectivity index (χ1v) is 5.21. The summed E-state index contributed by atoms with van der Waals surface area (Å²) in [6.45, 7) is 2.63. The van der Waals surface area contributed by atoms with Crippen molar-refractivity contribution in [2.24, 2.45) is 0 Å². The zero-order valence-corrected chi connectivity index (χ0v) is 8.80. The number of thiazole rings is 1. The third-order valence-corrected chi connectivity index (χ3v) is 2.81. The van der Waals surface area contributed by atoms with Crippen LogP contribution in [-0.4, -0.2) is 23.8 Å². The molecular weight excluding hydrogens is 186 g/mol. The minimum Gasteiger partial charge on any atom is -0.386 e. The van der Waals surface area contributed by atoms with Gasteiger partial charge in [0.15, 0.2) is 0 Å². The highest BCUT2D eigenvalue weighted by Gasteiger charge is 2.10. The summed E-state index contributed by atoms with van der Waals surface area (Å²) in [5.41, 5.74) is 0.978. The average molecular weight is 201 g/mol. The predicted molar refractivity (Wildman–Crippen MR) is 52.9 cm³/mol. The van der Waals surface area contributed by atoms with Gasteiger partial charge >= 0.3 is 0 Å². The van der Waals surface area contributed by atoms with E-state index in [0.717, 1.165) is 23.5 Å². The molecule has 13 heavy (non-hydrogen) atoms. The molecule has 0 radical (unpaired) electrons. The highest BCUT2D eigenvalue weighted by Crippen LogP contribution is 2.21. The van der Waals surface area contributed by atoms with Crippen LogP contribution >= 0.6 is 11.3 Å². The van der Waals surface area contributed by atoms with E-state index >= 15 is 0 Å². The number of aromatic nitrogens is 1. The molecule has 4 heteroatoms. The molecule has 1 atom stereocenters. The first-order chi connectivity index (χ1) is 6.24.